The number of fused-ring (bicyclic) bond motifs is 1. The first-order chi connectivity index (χ1) is 14.7. The Morgan fingerprint density at radius 2 is 1.43 bits per heavy atom. The molecule has 1 atom stereocenters. The Labute approximate surface area is 179 Å². The minimum Gasteiger partial charge on any atom is -0.508 e. The van der Waals surface area contributed by atoms with Gasteiger partial charge < -0.3 is 9.67 Å². The third kappa shape index (κ3) is 3.23. The largest absolute Gasteiger partial charge is 0.508 e. The van der Waals surface area contributed by atoms with Crippen LogP contribution in [0.15, 0.2) is 103 Å². The Balaban J connectivity index is 1.87. The van der Waals surface area contributed by atoms with Crippen LogP contribution in [-0.4, -0.2) is 14.7 Å². The lowest BCUT2D eigenvalue weighted by Crippen LogP contribution is -2.14. The molecule has 0 radical (unpaired) electrons. The van der Waals surface area contributed by atoms with Crippen molar-refractivity contribution in [3.05, 3.63) is 119 Å². The molecule has 0 saturated heterocycles. The molecular formula is C26H19ClN2O. The first-order valence-electron chi connectivity index (χ1n) is 9.78. The summed E-state index contributed by atoms with van der Waals surface area (Å²) in [5.74, 6) is 1.04. The number of benzene rings is 4. The van der Waals surface area contributed by atoms with E-state index in [1.807, 2.05) is 60.7 Å². The van der Waals surface area contributed by atoms with Crippen molar-refractivity contribution in [1.29, 1.82) is 0 Å². The maximum Gasteiger partial charge on any atom is 0.141 e. The van der Waals surface area contributed by atoms with Crippen LogP contribution in [0, 0.1) is 0 Å². The van der Waals surface area contributed by atoms with Crippen LogP contribution in [-0.2, 0) is 0 Å². The number of nitrogens with zero attached hydrogens (tertiary/aromatic N) is 2. The number of para-hydroxylation sites is 2. The number of phenolic OH excluding ortho intramolecular Hbond substituents is 1. The van der Waals surface area contributed by atoms with Gasteiger partial charge in [0.1, 0.15) is 11.6 Å². The predicted molar refractivity (Wildman–Crippen MR) is 122 cm³/mol. The van der Waals surface area contributed by atoms with Crippen LogP contribution in [0.3, 0.4) is 0 Å². The van der Waals surface area contributed by atoms with Gasteiger partial charge in [0, 0.05) is 16.1 Å². The van der Waals surface area contributed by atoms with Crippen LogP contribution in [0.2, 0.25) is 5.02 Å². The SMILES string of the molecule is Oc1ccc(Cl)cc1C(c1ccccc1)n1c(-c2ccccc2)nc2ccccc21. The van der Waals surface area contributed by atoms with E-state index in [9.17, 15) is 5.11 Å². The zero-order chi connectivity index (χ0) is 20.5. The standard InChI is InChI=1S/C26H19ClN2O/c27-20-15-16-24(30)21(17-20)25(18-9-3-1-4-10-18)29-23-14-8-7-13-22(23)28-26(29)19-11-5-2-6-12-19/h1-17,25,30H. The lowest BCUT2D eigenvalue weighted by Gasteiger charge is -2.24. The molecule has 0 fully saturated rings. The highest BCUT2D eigenvalue weighted by molar-refractivity contribution is 6.30. The zero-order valence-electron chi connectivity index (χ0n) is 16.1. The molecule has 0 amide bonds. The topological polar surface area (TPSA) is 38.0 Å². The van der Waals surface area contributed by atoms with Gasteiger partial charge in [-0.3, -0.25) is 0 Å². The Hall–Kier alpha value is -3.56. The Morgan fingerprint density at radius 1 is 0.767 bits per heavy atom. The van der Waals surface area contributed by atoms with Gasteiger partial charge in [0.05, 0.1) is 17.1 Å². The van der Waals surface area contributed by atoms with E-state index in [2.05, 4.69) is 34.9 Å². The molecule has 4 aromatic carbocycles. The first kappa shape index (κ1) is 18.5. The van der Waals surface area contributed by atoms with Crippen molar-refractivity contribution >= 4 is 22.6 Å². The van der Waals surface area contributed by atoms with Gasteiger partial charge in [0.15, 0.2) is 0 Å². The van der Waals surface area contributed by atoms with E-state index in [1.165, 1.54) is 0 Å². The summed E-state index contributed by atoms with van der Waals surface area (Å²) in [7, 11) is 0. The molecule has 1 aromatic heterocycles. The lowest BCUT2D eigenvalue weighted by molar-refractivity contribution is 0.461. The third-order valence-electron chi connectivity index (χ3n) is 5.29. The molecule has 5 aromatic rings. The van der Waals surface area contributed by atoms with Gasteiger partial charge in [-0.2, -0.15) is 0 Å². The van der Waals surface area contributed by atoms with Gasteiger partial charge in [0.25, 0.3) is 0 Å². The van der Waals surface area contributed by atoms with Gasteiger partial charge in [-0.15, -0.1) is 0 Å². The quantitative estimate of drug-likeness (QED) is 0.358. The fraction of sp³-hybridized carbons (Fsp3) is 0.0385. The molecule has 0 aliphatic heterocycles. The van der Waals surface area contributed by atoms with E-state index in [-0.39, 0.29) is 11.8 Å². The van der Waals surface area contributed by atoms with Crippen LogP contribution in [0.4, 0.5) is 0 Å². The molecule has 0 aliphatic rings. The highest BCUT2D eigenvalue weighted by Gasteiger charge is 2.25. The number of imidazole rings is 1. The molecule has 1 N–H and O–H groups in total. The van der Waals surface area contributed by atoms with E-state index < -0.39 is 0 Å². The highest BCUT2D eigenvalue weighted by Crippen LogP contribution is 2.39. The molecule has 0 bridgehead atoms. The molecule has 5 rings (SSSR count). The van der Waals surface area contributed by atoms with E-state index in [4.69, 9.17) is 16.6 Å². The van der Waals surface area contributed by atoms with E-state index in [1.54, 1.807) is 12.1 Å². The van der Waals surface area contributed by atoms with Crippen LogP contribution >= 0.6 is 11.6 Å². The molecule has 0 spiro atoms. The van der Waals surface area contributed by atoms with E-state index in [0.29, 0.717) is 5.02 Å². The van der Waals surface area contributed by atoms with Crippen LogP contribution in [0.25, 0.3) is 22.4 Å². The normalized spacial score (nSPS) is 12.2. The van der Waals surface area contributed by atoms with Crippen molar-refractivity contribution in [2.24, 2.45) is 0 Å². The van der Waals surface area contributed by atoms with Gasteiger partial charge in [-0.25, -0.2) is 4.98 Å². The maximum atomic E-state index is 10.8. The average molecular weight is 411 g/mol. The maximum absolute atomic E-state index is 10.8. The smallest absolute Gasteiger partial charge is 0.141 e. The molecule has 0 aliphatic carbocycles. The minimum absolute atomic E-state index is 0.199. The van der Waals surface area contributed by atoms with Crippen LogP contribution < -0.4 is 0 Å². The number of hydrogen-bond acceptors (Lipinski definition) is 2. The summed E-state index contributed by atoms with van der Waals surface area (Å²) in [5, 5.41) is 11.4. The summed E-state index contributed by atoms with van der Waals surface area (Å²) in [5.41, 5.74) is 4.67. The van der Waals surface area contributed by atoms with Crippen molar-refractivity contribution < 1.29 is 5.11 Å². The Bertz CT molecular complexity index is 1310. The number of hydrogen-bond donors (Lipinski definition) is 1. The third-order valence-corrected chi connectivity index (χ3v) is 5.52. The fourth-order valence-electron chi connectivity index (χ4n) is 3.94. The summed E-state index contributed by atoms with van der Waals surface area (Å²) in [4.78, 5) is 4.96. The average Bonchev–Trinajstić information content (AvgIpc) is 3.17. The highest BCUT2D eigenvalue weighted by atomic mass is 35.5. The van der Waals surface area contributed by atoms with Gasteiger partial charge >= 0.3 is 0 Å². The minimum atomic E-state index is -0.299. The molecule has 0 saturated carbocycles. The summed E-state index contributed by atoms with van der Waals surface area (Å²) < 4.78 is 2.19. The van der Waals surface area contributed by atoms with Crippen molar-refractivity contribution in [3.8, 4) is 17.1 Å². The monoisotopic (exact) mass is 410 g/mol. The lowest BCUT2D eigenvalue weighted by atomic mass is 9.96. The summed E-state index contributed by atoms with van der Waals surface area (Å²) in [6.07, 6.45) is 0. The van der Waals surface area contributed by atoms with Gasteiger partial charge in [0.2, 0.25) is 0 Å². The zero-order valence-corrected chi connectivity index (χ0v) is 16.9. The number of halogens is 1. The first-order valence-corrected chi connectivity index (χ1v) is 10.2. The van der Waals surface area contributed by atoms with Crippen molar-refractivity contribution in [2.45, 2.75) is 6.04 Å². The predicted octanol–water partition coefficient (Wildman–Crippen LogP) is 6.70. The molecular weight excluding hydrogens is 392 g/mol. The number of aromatic nitrogens is 2. The van der Waals surface area contributed by atoms with Crippen LogP contribution in [0.1, 0.15) is 17.2 Å². The second-order valence-corrected chi connectivity index (χ2v) is 7.61. The summed E-state index contributed by atoms with van der Waals surface area (Å²) >= 11 is 6.35. The van der Waals surface area contributed by atoms with Gasteiger partial charge in [-0.1, -0.05) is 84.4 Å². The molecule has 3 nitrogen and oxygen atoms in total. The Kier molecular flexibility index (Phi) is 4.74. The molecule has 1 unspecified atom stereocenters. The fourth-order valence-corrected chi connectivity index (χ4v) is 4.12. The van der Waals surface area contributed by atoms with Crippen molar-refractivity contribution in [2.75, 3.05) is 0 Å². The molecule has 146 valence electrons. The number of rotatable bonds is 4. The molecule has 4 heteroatoms. The van der Waals surface area contributed by atoms with Gasteiger partial charge in [-0.05, 0) is 35.9 Å². The van der Waals surface area contributed by atoms with E-state index >= 15 is 0 Å². The molecule has 1 heterocycles. The summed E-state index contributed by atoms with van der Waals surface area (Å²) in [6.45, 7) is 0. The Morgan fingerprint density at radius 3 is 2.20 bits per heavy atom. The second kappa shape index (κ2) is 7.69. The second-order valence-electron chi connectivity index (χ2n) is 7.18. The van der Waals surface area contributed by atoms with Crippen molar-refractivity contribution in [3.63, 3.8) is 0 Å². The van der Waals surface area contributed by atoms with E-state index in [0.717, 1.165) is 33.5 Å². The summed E-state index contributed by atoms with van der Waals surface area (Å²) in [6, 6.07) is 33.2. The number of phenols is 1. The number of aromatic hydroxyl groups is 1. The van der Waals surface area contributed by atoms with Crippen molar-refractivity contribution in [1.82, 2.24) is 9.55 Å². The molecule has 30 heavy (non-hydrogen) atoms. The van der Waals surface area contributed by atoms with Crippen LogP contribution in [0.5, 0.6) is 5.75 Å².